The monoisotopic (exact) mass is 489 g/mol. The number of thiophene rings is 1. The highest BCUT2D eigenvalue weighted by Crippen LogP contribution is 2.23. The quantitative estimate of drug-likeness (QED) is 0.266. The predicted molar refractivity (Wildman–Crippen MR) is 121 cm³/mol. The standard InChI is InChI=1S/C21H19N3O7S2/c1-14(20(25)22-13-16-7-5-11-32-16)31-21(26)18-9-2-3-10-19(18)23-33(29,30)17-8-4-6-15(12-17)24(27)28/h2-12,14,23H,13H2,1H3,(H,22,25). The van der Waals surface area contributed by atoms with Gasteiger partial charge in [0.05, 0.1) is 27.6 Å². The van der Waals surface area contributed by atoms with Crippen molar-refractivity contribution in [3.8, 4) is 0 Å². The minimum atomic E-state index is -4.24. The molecule has 33 heavy (non-hydrogen) atoms. The zero-order chi connectivity index (χ0) is 24.0. The highest BCUT2D eigenvalue weighted by atomic mass is 32.2. The third-order valence-electron chi connectivity index (χ3n) is 4.40. The van der Waals surface area contributed by atoms with Gasteiger partial charge in [-0.3, -0.25) is 19.6 Å². The van der Waals surface area contributed by atoms with Crippen molar-refractivity contribution in [1.82, 2.24) is 5.32 Å². The Hall–Kier alpha value is -3.77. The molecule has 0 bridgehead atoms. The Kier molecular flexibility index (Phi) is 7.41. The molecule has 0 spiro atoms. The van der Waals surface area contributed by atoms with E-state index >= 15 is 0 Å². The van der Waals surface area contributed by atoms with Crippen LogP contribution in [0.15, 0.2) is 70.9 Å². The van der Waals surface area contributed by atoms with Gasteiger partial charge in [0.15, 0.2) is 6.10 Å². The van der Waals surface area contributed by atoms with Gasteiger partial charge in [-0.2, -0.15) is 0 Å². The van der Waals surface area contributed by atoms with Crippen LogP contribution >= 0.6 is 11.3 Å². The summed E-state index contributed by atoms with van der Waals surface area (Å²) in [4.78, 5) is 35.7. The zero-order valence-corrected chi connectivity index (χ0v) is 18.9. The normalized spacial score (nSPS) is 11.9. The van der Waals surface area contributed by atoms with E-state index < -0.39 is 38.6 Å². The number of anilines is 1. The molecule has 3 aromatic rings. The molecule has 172 valence electrons. The average Bonchev–Trinajstić information content (AvgIpc) is 3.31. The number of nitrogens with zero attached hydrogens (tertiary/aromatic N) is 1. The first-order valence-electron chi connectivity index (χ1n) is 9.55. The van der Waals surface area contributed by atoms with Gasteiger partial charge in [0.25, 0.3) is 21.6 Å². The van der Waals surface area contributed by atoms with E-state index in [4.69, 9.17) is 4.74 Å². The Labute approximate surface area is 193 Å². The molecule has 0 radical (unpaired) electrons. The Morgan fingerprint density at radius 1 is 1.12 bits per heavy atom. The molecule has 1 aromatic heterocycles. The van der Waals surface area contributed by atoms with Gasteiger partial charge in [0.1, 0.15) is 0 Å². The second-order valence-electron chi connectivity index (χ2n) is 6.75. The highest BCUT2D eigenvalue weighted by molar-refractivity contribution is 7.92. The van der Waals surface area contributed by atoms with Crippen molar-refractivity contribution in [2.75, 3.05) is 4.72 Å². The molecule has 1 heterocycles. The number of carbonyl (C=O) groups is 2. The molecule has 12 heteroatoms. The first-order chi connectivity index (χ1) is 15.7. The summed E-state index contributed by atoms with van der Waals surface area (Å²) in [7, 11) is -4.24. The largest absolute Gasteiger partial charge is 0.449 e. The van der Waals surface area contributed by atoms with Crippen LogP contribution < -0.4 is 10.0 Å². The van der Waals surface area contributed by atoms with E-state index in [2.05, 4.69) is 10.0 Å². The van der Waals surface area contributed by atoms with Crippen molar-refractivity contribution in [3.63, 3.8) is 0 Å². The fourth-order valence-corrected chi connectivity index (χ4v) is 4.49. The van der Waals surface area contributed by atoms with Crippen LogP contribution in [0.3, 0.4) is 0 Å². The Morgan fingerprint density at radius 2 is 1.88 bits per heavy atom. The summed E-state index contributed by atoms with van der Waals surface area (Å²) in [5.74, 6) is -1.42. The molecule has 2 aromatic carbocycles. The lowest BCUT2D eigenvalue weighted by Gasteiger charge is -2.15. The fourth-order valence-electron chi connectivity index (χ4n) is 2.73. The van der Waals surface area contributed by atoms with Crippen molar-refractivity contribution >= 4 is 44.6 Å². The molecule has 10 nitrogen and oxygen atoms in total. The number of hydrogen-bond acceptors (Lipinski definition) is 8. The first-order valence-corrected chi connectivity index (χ1v) is 11.9. The van der Waals surface area contributed by atoms with Crippen molar-refractivity contribution in [2.24, 2.45) is 0 Å². The minimum Gasteiger partial charge on any atom is -0.449 e. The molecular formula is C21H19N3O7S2. The number of nitro benzene ring substituents is 1. The molecular weight excluding hydrogens is 470 g/mol. The number of esters is 1. The van der Waals surface area contributed by atoms with E-state index in [0.29, 0.717) is 0 Å². The number of hydrogen-bond donors (Lipinski definition) is 2. The molecule has 0 aliphatic rings. The number of sulfonamides is 1. The maximum Gasteiger partial charge on any atom is 0.341 e. The second kappa shape index (κ2) is 10.2. The van der Waals surface area contributed by atoms with Crippen LogP contribution in [0.25, 0.3) is 0 Å². The molecule has 0 saturated heterocycles. The lowest BCUT2D eigenvalue weighted by atomic mass is 10.2. The number of amides is 1. The van der Waals surface area contributed by atoms with Gasteiger partial charge < -0.3 is 10.1 Å². The van der Waals surface area contributed by atoms with E-state index in [1.165, 1.54) is 54.7 Å². The predicted octanol–water partition coefficient (Wildman–Crippen LogP) is 3.32. The minimum absolute atomic E-state index is 0.0970. The number of para-hydroxylation sites is 1. The van der Waals surface area contributed by atoms with E-state index in [1.807, 2.05) is 17.5 Å². The van der Waals surface area contributed by atoms with Gasteiger partial charge in [0.2, 0.25) is 0 Å². The fraction of sp³-hybridized carbons (Fsp3) is 0.143. The summed E-state index contributed by atoms with van der Waals surface area (Å²) >= 11 is 1.47. The van der Waals surface area contributed by atoms with Crippen LogP contribution in [-0.2, 0) is 26.1 Å². The van der Waals surface area contributed by atoms with Gasteiger partial charge >= 0.3 is 5.97 Å². The van der Waals surface area contributed by atoms with Crippen LogP contribution in [0.5, 0.6) is 0 Å². The summed E-state index contributed by atoms with van der Waals surface area (Å²) in [5.41, 5.74) is -0.613. The lowest BCUT2D eigenvalue weighted by Crippen LogP contribution is -2.35. The lowest BCUT2D eigenvalue weighted by molar-refractivity contribution is -0.385. The van der Waals surface area contributed by atoms with Crippen LogP contribution in [0.1, 0.15) is 22.2 Å². The van der Waals surface area contributed by atoms with Crippen LogP contribution in [-0.4, -0.2) is 31.3 Å². The highest BCUT2D eigenvalue weighted by Gasteiger charge is 2.24. The summed E-state index contributed by atoms with van der Waals surface area (Å²) in [6.07, 6.45) is -1.13. The third-order valence-corrected chi connectivity index (χ3v) is 6.64. The number of carbonyl (C=O) groups excluding carboxylic acids is 2. The smallest absolute Gasteiger partial charge is 0.341 e. The van der Waals surface area contributed by atoms with Gasteiger partial charge in [0, 0.05) is 17.0 Å². The number of benzene rings is 2. The second-order valence-corrected chi connectivity index (χ2v) is 9.46. The number of non-ortho nitro benzene ring substituents is 1. The van der Waals surface area contributed by atoms with Crippen LogP contribution in [0.4, 0.5) is 11.4 Å². The van der Waals surface area contributed by atoms with E-state index in [1.54, 1.807) is 0 Å². The number of ether oxygens (including phenoxy) is 1. The number of nitrogens with one attached hydrogen (secondary N) is 2. The number of rotatable bonds is 9. The van der Waals surface area contributed by atoms with Crippen molar-refractivity contribution in [2.45, 2.75) is 24.5 Å². The SMILES string of the molecule is CC(OC(=O)c1ccccc1NS(=O)(=O)c1cccc([N+](=O)[O-])c1)C(=O)NCc1cccs1. The van der Waals surface area contributed by atoms with Gasteiger partial charge in [-0.15, -0.1) is 11.3 Å². The molecule has 0 saturated carbocycles. The van der Waals surface area contributed by atoms with Gasteiger partial charge in [-0.25, -0.2) is 13.2 Å². The van der Waals surface area contributed by atoms with E-state index in [9.17, 15) is 28.1 Å². The molecule has 1 amide bonds. The molecule has 2 N–H and O–H groups in total. The van der Waals surface area contributed by atoms with Gasteiger partial charge in [-0.1, -0.05) is 24.3 Å². The van der Waals surface area contributed by atoms with Crippen LogP contribution in [0.2, 0.25) is 0 Å². The molecule has 0 fully saturated rings. The maximum atomic E-state index is 12.7. The Balaban J connectivity index is 1.72. The molecule has 0 aliphatic heterocycles. The first kappa shape index (κ1) is 23.9. The van der Waals surface area contributed by atoms with Crippen molar-refractivity contribution < 1.29 is 27.7 Å². The molecule has 0 aliphatic carbocycles. The van der Waals surface area contributed by atoms with E-state index in [-0.39, 0.29) is 22.7 Å². The average molecular weight is 490 g/mol. The zero-order valence-electron chi connectivity index (χ0n) is 17.3. The topological polar surface area (TPSA) is 145 Å². The molecule has 1 unspecified atom stereocenters. The van der Waals surface area contributed by atoms with E-state index in [0.717, 1.165) is 17.0 Å². The summed E-state index contributed by atoms with van der Waals surface area (Å²) in [5, 5.41) is 15.5. The van der Waals surface area contributed by atoms with Gasteiger partial charge in [-0.05, 0) is 36.6 Å². The molecule has 3 rings (SSSR count). The third kappa shape index (κ3) is 6.14. The summed E-state index contributed by atoms with van der Waals surface area (Å²) in [6, 6.07) is 13.9. The Bertz CT molecular complexity index is 1270. The van der Waals surface area contributed by atoms with Crippen molar-refractivity contribution in [3.05, 3.63) is 86.6 Å². The maximum absolute atomic E-state index is 12.7. The van der Waals surface area contributed by atoms with Crippen molar-refractivity contribution in [1.29, 1.82) is 0 Å². The Morgan fingerprint density at radius 3 is 2.58 bits per heavy atom. The number of nitro groups is 1. The summed E-state index contributed by atoms with van der Waals surface area (Å²) < 4.78 is 32.9. The summed E-state index contributed by atoms with van der Waals surface area (Å²) in [6.45, 7) is 1.69. The molecule has 1 atom stereocenters. The van der Waals surface area contributed by atoms with Crippen LogP contribution in [0, 0.1) is 10.1 Å².